The zero-order valence-electron chi connectivity index (χ0n) is 15.4. The zero-order chi connectivity index (χ0) is 19.8. The Kier molecular flexibility index (Phi) is 7.82. The fourth-order valence-electron chi connectivity index (χ4n) is 2.57. The van der Waals surface area contributed by atoms with E-state index in [2.05, 4.69) is 0 Å². The lowest BCUT2D eigenvalue weighted by Crippen LogP contribution is -2.29. The number of aliphatic carboxylic acids is 1. The minimum atomic E-state index is -1.01. The van der Waals surface area contributed by atoms with Gasteiger partial charge in [0.05, 0.1) is 6.10 Å². The minimum Gasteiger partial charge on any atom is -0.486 e. The van der Waals surface area contributed by atoms with Gasteiger partial charge in [-0.05, 0) is 43.2 Å². The van der Waals surface area contributed by atoms with Gasteiger partial charge in [0.15, 0.2) is 11.9 Å². The van der Waals surface area contributed by atoms with E-state index in [1.165, 1.54) is 0 Å². The molecule has 0 saturated heterocycles. The second-order valence-electron chi connectivity index (χ2n) is 6.46. The highest BCUT2D eigenvalue weighted by Crippen LogP contribution is 2.18. The topological polar surface area (TPSA) is 72.8 Å². The molecule has 2 rings (SSSR count). The van der Waals surface area contributed by atoms with Crippen LogP contribution in [-0.2, 0) is 27.2 Å². The van der Waals surface area contributed by atoms with Crippen molar-refractivity contribution in [1.82, 2.24) is 0 Å². The molecule has 0 aliphatic heterocycles. The monoisotopic (exact) mass is 390 g/mol. The van der Waals surface area contributed by atoms with E-state index in [-0.39, 0.29) is 31.3 Å². The van der Waals surface area contributed by atoms with Gasteiger partial charge in [-0.3, -0.25) is 4.79 Å². The van der Waals surface area contributed by atoms with Gasteiger partial charge in [-0.1, -0.05) is 41.9 Å². The van der Waals surface area contributed by atoms with Gasteiger partial charge in [-0.15, -0.1) is 0 Å². The van der Waals surface area contributed by atoms with Crippen molar-refractivity contribution in [3.63, 3.8) is 0 Å². The lowest BCUT2D eigenvalue weighted by Gasteiger charge is -2.17. The molecule has 0 aliphatic carbocycles. The van der Waals surface area contributed by atoms with E-state index in [1.54, 1.807) is 44.2 Å². The molecule has 0 aromatic heterocycles. The van der Waals surface area contributed by atoms with Gasteiger partial charge < -0.3 is 14.6 Å². The third-order valence-corrected chi connectivity index (χ3v) is 4.15. The number of hydrogen-bond donors (Lipinski definition) is 1. The first-order valence-electron chi connectivity index (χ1n) is 8.70. The van der Waals surface area contributed by atoms with Gasteiger partial charge in [-0.25, -0.2) is 4.79 Å². The maximum atomic E-state index is 12.1. The molecule has 6 heteroatoms. The molecule has 1 unspecified atom stereocenters. The van der Waals surface area contributed by atoms with E-state index in [0.29, 0.717) is 10.8 Å². The Morgan fingerprint density at radius 3 is 2.52 bits per heavy atom. The first-order chi connectivity index (χ1) is 12.8. The van der Waals surface area contributed by atoms with Crippen LogP contribution in [0.15, 0.2) is 48.5 Å². The lowest BCUT2D eigenvalue weighted by molar-refractivity contribution is -0.153. The van der Waals surface area contributed by atoms with Crippen molar-refractivity contribution in [3.05, 3.63) is 64.7 Å². The zero-order valence-corrected chi connectivity index (χ0v) is 16.1. The van der Waals surface area contributed by atoms with Crippen molar-refractivity contribution in [2.75, 3.05) is 6.61 Å². The van der Waals surface area contributed by atoms with Crippen molar-refractivity contribution in [2.24, 2.45) is 0 Å². The fourth-order valence-corrected chi connectivity index (χ4v) is 2.77. The highest BCUT2D eigenvalue weighted by molar-refractivity contribution is 6.31. The number of carboxylic acid groups (broad SMARTS) is 1. The number of halogens is 1. The van der Waals surface area contributed by atoms with Crippen LogP contribution in [0.4, 0.5) is 0 Å². The molecule has 1 N–H and O–H groups in total. The molecule has 0 aliphatic rings. The number of carbonyl (C=O) groups is 2. The third kappa shape index (κ3) is 7.04. The van der Waals surface area contributed by atoms with Crippen molar-refractivity contribution in [2.45, 2.75) is 38.9 Å². The first-order valence-corrected chi connectivity index (χ1v) is 9.08. The number of carboxylic acids is 1. The molecule has 1 atom stereocenters. The molecule has 0 fully saturated rings. The summed E-state index contributed by atoms with van der Waals surface area (Å²) in [6, 6.07) is 14.2. The van der Waals surface area contributed by atoms with E-state index in [4.69, 9.17) is 21.1 Å². The number of benzene rings is 2. The Balaban J connectivity index is 1.94. The van der Waals surface area contributed by atoms with Crippen LogP contribution in [0.5, 0.6) is 5.75 Å². The molecule has 2 aromatic carbocycles. The Labute approximate surface area is 163 Å². The quantitative estimate of drug-likeness (QED) is 0.665. The number of rotatable bonds is 10. The summed E-state index contributed by atoms with van der Waals surface area (Å²) in [5.74, 6) is -0.598. The number of ether oxygens (including phenoxy) is 2. The fraction of sp³-hybridized carbons (Fsp3) is 0.333. The second kappa shape index (κ2) is 10.1. The maximum absolute atomic E-state index is 12.1. The average Bonchev–Trinajstić information content (AvgIpc) is 2.61. The van der Waals surface area contributed by atoms with Gasteiger partial charge in [0.25, 0.3) is 0 Å². The van der Waals surface area contributed by atoms with Crippen LogP contribution in [-0.4, -0.2) is 35.7 Å². The molecule has 144 valence electrons. The largest absolute Gasteiger partial charge is 0.486 e. The summed E-state index contributed by atoms with van der Waals surface area (Å²) in [5, 5.41) is 9.83. The minimum absolute atomic E-state index is 0.0838. The molecule has 0 saturated carbocycles. The van der Waals surface area contributed by atoms with Crippen LogP contribution in [0, 0.1) is 0 Å². The third-order valence-electron chi connectivity index (χ3n) is 3.78. The molecule has 0 spiro atoms. The summed E-state index contributed by atoms with van der Waals surface area (Å²) in [6.07, 6.45) is -0.698. The van der Waals surface area contributed by atoms with Gasteiger partial charge in [0, 0.05) is 17.9 Å². The van der Waals surface area contributed by atoms with Gasteiger partial charge in [0.2, 0.25) is 0 Å². The maximum Gasteiger partial charge on any atom is 0.333 e. The molecular weight excluding hydrogens is 368 g/mol. The number of carbonyl (C=O) groups excluding carboxylic acids is 1. The normalized spacial score (nSPS) is 12.0. The summed E-state index contributed by atoms with van der Waals surface area (Å²) in [4.78, 5) is 23.5. The second-order valence-corrected chi connectivity index (χ2v) is 6.87. The SMILES string of the molecule is CC(C)OC(Cc1cccc(OCC(=O)Cc2ccccc2Cl)c1)C(=O)O. The predicted octanol–water partition coefficient (Wildman–Crippen LogP) is 3.95. The summed E-state index contributed by atoms with van der Waals surface area (Å²) in [7, 11) is 0. The van der Waals surface area contributed by atoms with E-state index in [0.717, 1.165) is 11.1 Å². The van der Waals surface area contributed by atoms with Crippen LogP contribution in [0.2, 0.25) is 5.02 Å². The number of ketones is 1. The highest BCUT2D eigenvalue weighted by atomic mass is 35.5. The summed E-state index contributed by atoms with van der Waals surface area (Å²) >= 11 is 6.06. The van der Waals surface area contributed by atoms with Crippen LogP contribution in [0.3, 0.4) is 0 Å². The van der Waals surface area contributed by atoms with Gasteiger partial charge in [-0.2, -0.15) is 0 Å². The summed E-state index contributed by atoms with van der Waals surface area (Å²) in [6.45, 7) is 3.50. The Morgan fingerprint density at radius 1 is 1.11 bits per heavy atom. The Bertz CT molecular complexity index is 788. The van der Waals surface area contributed by atoms with Crippen LogP contribution in [0.1, 0.15) is 25.0 Å². The van der Waals surface area contributed by atoms with Crippen molar-refractivity contribution in [3.8, 4) is 5.75 Å². The number of Topliss-reactive ketones (excluding diaryl/α,β-unsaturated/α-hetero) is 1. The van der Waals surface area contributed by atoms with E-state index in [1.807, 2.05) is 18.2 Å². The first kappa shape index (κ1) is 20.9. The molecule has 0 amide bonds. The van der Waals surface area contributed by atoms with Crippen molar-refractivity contribution in [1.29, 1.82) is 0 Å². The van der Waals surface area contributed by atoms with Gasteiger partial charge in [0.1, 0.15) is 12.4 Å². The molecule has 0 bridgehead atoms. The average molecular weight is 391 g/mol. The molecule has 2 aromatic rings. The van der Waals surface area contributed by atoms with Gasteiger partial charge >= 0.3 is 5.97 Å². The van der Waals surface area contributed by atoms with Crippen LogP contribution >= 0.6 is 11.6 Å². The number of hydrogen-bond acceptors (Lipinski definition) is 4. The summed E-state index contributed by atoms with van der Waals surface area (Å²) < 4.78 is 11.0. The summed E-state index contributed by atoms with van der Waals surface area (Å²) in [5.41, 5.74) is 1.52. The van der Waals surface area contributed by atoms with E-state index < -0.39 is 12.1 Å². The highest BCUT2D eigenvalue weighted by Gasteiger charge is 2.20. The van der Waals surface area contributed by atoms with Crippen LogP contribution in [0.25, 0.3) is 0 Å². The predicted molar refractivity (Wildman–Crippen MR) is 103 cm³/mol. The molecule has 0 radical (unpaired) electrons. The lowest BCUT2D eigenvalue weighted by atomic mass is 10.1. The van der Waals surface area contributed by atoms with Crippen molar-refractivity contribution < 1.29 is 24.2 Å². The Morgan fingerprint density at radius 2 is 1.85 bits per heavy atom. The van der Waals surface area contributed by atoms with Crippen LogP contribution < -0.4 is 4.74 Å². The smallest absolute Gasteiger partial charge is 0.333 e. The molecule has 0 heterocycles. The standard InChI is InChI=1S/C21H23ClO5/c1-14(2)27-20(21(24)25)11-15-6-5-8-18(10-15)26-13-17(23)12-16-7-3-4-9-19(16)22/h3-10,14,20H,11-13H2,1-2H3,(H,24,25). The van der Waals surface area contributed by atoms with E-state index in [9.17, 15) is 14.7 Å². The van der Waals surface area contributed by atoms with E-state index >= 15 is 0 Å². The molecular formula is C21H23ClO5. The molecule has 5 nitrogen and oxygen atoms in total. The Hall–Kier alpha value is -2.37. The molecule has 27 heavy (non-hydrogen) atoms. The van der Waals surface area contributed by atoms with Crippen molar-refractivity contribution >= 4 is 23.4 Å².